The zero-order chi connectivity index (χ0) is 20.5. The van der Waals surface area contributed by atoms with Gasteiger partial charge in [0, 0.05) is 17.2 Å². The fraction of sp³-hybridized carbons (Fsp3) is 0.391. The number of thioether (sulfide) groups is 2. The fourth-order valence-electron chi connectivity index (χ4n) is 2.87. The first-order valence-corrected chi connectivity index (χ1v) is 12.1. The Hall–Kier alpha value is -1.92. The van der Waals surface area contributed by atoms with Crippen molar-refractivity contribution in [2.75, 3.05) is 12.4 Å². The molecule has 6 heteroatoms. The highest BCUT2D eigenvalue weighted by Crippen LogP contribution is 2.25. The molecule has 0 radical (unpaired) electrons. The first kappa shape index (κ1) is 21.8. The Balaban J connectivity index is 1.43. The number of hydrogen-bond acceptors (Lipinski definition) is 5. The second-order valence-corrected chi connectivity index (χ2v) is 8.90. The Labute approximate surface area is 182 Å². The third-order valence-corrected chi connectivity index (χ3v) is 6.68. The molecule has 0 fully saturated rings. The van der Waals surface area contributed by atoms with E-state index < -0.39 is 0 Å². The maximum absolute atomic E-state index is 5.84. The van der Waals surface area contributed by atoms with Crippen LogP contribution in [0.2, 0.25) is 0 Å². The molecule has 0 aliphatic rings. The number of aromatic nitrogens is 3. The number of benzene rings is 2. The molecule has 0 N–H and O–H groups in total. The van der Waals surface area contributed by atoms with Crippen molar-refractivity contribution in [1.29, 1.82) is 0 Å². The molecule has 2 aromatic carbocycles. The van der Waals surface area contributed by atoms with Gasteiger partial charge in [0.25, 0.3) is 0 Å². The van der Waals surface area contributed by atoms with E-state index in [2.05, 4.69) is 84.1 Å². The minimum Gasteiger partial charge on any atom is -0.494 e. The summed E-state index contributed by atoms with van der Waals surface area (Å²) in [5, 5.41) is 9.83. The Morgan fingerprint density at radius 1 is 0.931 bits per heavy atom. The highest BCUT2D eigenvalue weighted by atomic mass is 32.2. The highest BCUT2D eigenvalue weighted by molar-refractivity contribution is 7.99. The van der Waals surface area contributed by atoms with Crippen LogP contribution in [-0.4, -0.2) is 27.1 Å². The van der Waals surface area contributed by atoms with Crippen LogP contribution in [0.15, 0.2) is 58.6 Å². The average molecular weight is 428 g/mol. The van der Waals surface area contributed by atoms with Gasteiger partial charge in [-0.15, -0.1) is 22.0 Å². The predicted octanol–water partition coefficient (Wildman–Crippen LogP) is 6.02. The molecule has 0 aliphatic carbocycles. The van der Waals surface area contributed by atoms with Crippen molar-refractivity contribution in [2.45, 2.75) is 56.0 Å². The van der Waals surface area contributed by atoms with Crippen LogP contribution in [-0.2, 0) is 18.7 Å². The van der Waals surface area contributed by atoms with Gasteiger partial charge in [0.05, 0.1) is 12.4 Å². The van der Waals surface area contributed by atoms with Crippen LogP contribution in [0.4, 0.5) is 0 Å². The lowest BCUT2D eigenvalue weighted by Gasteiger charge is -2.08. The van der Waals surface area contributed by atoms with Crippen molar-refractivity contribution in [1.82, 2.24) is 14.8 Å². The summed E-state index contributed by atoms with van der Waals surface area (Å²) in [6.45, 7) is 8.03. The molecule has 0 amide bonds. The molecule has 0 atom stereocenters. The minimum atomic E-state index is 0.717. The molecule has 1 heterocycles. The van der Waals surface area contributed by atoms with Gasteiger partial charge in [0.1, 0.15) is 11.6 Å². The van der Waals surface area contributed by atoms with Crippen molar-refractivity contribution in [3.63, 3.8) is 0 Å². The zero-order valence-electron chi connectivity index (χ0n) is 17.4. The zero-order valence-corrected chi connectivity index (χ0v) is 19.1. The lowest BCUT2D eigenvalue weighted by Crippen LogP contribution is -2.03. The monoisotopic (exact) mass is 427 g/mol. The van der Waals surface area contributed by atoms with Gasteiger partial charge < -0.3 is 9.30 Å². The van der Waals surface area contributed by atoms with Crippen molar-refractivity contribution in [3.05, 3.63) is 65.5 Å². The van der Waals surface area contributed by atoms with E-state index in [1.807, 2.05) is 0 Å². The van der Waals surface area contributed by atoms with Crippen LogP contribution < -0.4 is 4.74 Å². The van der Waals surface area contributed by atoms with Crippen LogP contribution in [0.5, 0.6) is 5.75 Å². The molecule has 3 aromatic rings. The molecular weight excluding hydrogens is 398 g/mol. The van der Waals surface area contributed by atoms with Gasteiger partial charge in [0.2, 0.25) is 0 Å². The number of hydrogen-bond donors (Lipinski definition) is 0. The smallest absolute Gasteiger partial charge is 0.191 e. The van der Waals surface area contributed by atoms with Crippen LogP contribution in [0, 0.1) is 6.92 Å². The van der Waals surface area contributed by atoms with E-state index in [9.17, 15) is 0 Å². The van der Waals surface area contributed by atoms with E-state index in [1.165, 1.54) is 16.0 Å². The second-order valence-electron chi connectivity index (χ2n) is 6.79. The Kier molecular flexibility index (Phi) is 8.50. The molecule has 0 saturated carbocycles. The normalized spacial score (nSPS) is 11.0. The van der Waals surface area contributed by atoms with Crippen molar-refractivity contribution >= 4 is 23.5 Å². The second kappa shape index (κ2) is 11.3. The summed E-state index contributed by atoms with van der Waals surface area (Å²) < 4.78 is 8.06. The molecule has 4 nitrogen and oxygen atoms in total. The Morgan fingerprint density at radius 2 is 1.69 bits per heavy atom. The third kappa shape index (κ3) is 6.54. The standard InChI is InChI=1S/C23H29N3OS2/c1-4-19-9-11-20(12-10-19)27-15-6-16-28-23-25-24-22(26(23)5-2)17-29-21-13-7-18(3)8-14-21/h7-14H,4-6,15-17H2,1-3H3. The molecule has 0 aliphatic heterocycles. The van der Waals surface area contributed by atoms with Gasteiger partial charge in [-0.05, 0) is 56.5 Å². The molecule has 0 unspecified atom stereocenters. The van der Waals surface area contributed by atoms with Crippen molar-refractivity contribution in [2.24, 2.45) is 0 Å². The Morgan fingerprint density at radius 3 is 2.38 bits per heavy atom. The maximum Gasteiger partial charge on any atom is 0.191 e. The van der Waals surface area contributed by atoms with E-state index in [0.29, 0.717) is 0 Å². The summed E-state index contributed by atoms with van der Waals surface area (Å²) in [7, 11) is 0. The van der Waals surface area contributed by atoms with Gasteiger partial charge in [0.15, 0.2) is 5.16 Å². The van der Waals surface area contributed by atoms with E-state index >= 15 is 0 Å². The van der Waals surface area contributed by atoms with Crippen LogP contribution in [0.3, 0.4) is 0 Å². The molecule has 1 aromatic heterocycles. The summed E-state index contributed by atoms with van der Waals surface area (Å²) in [6.07, 6.45) is 2.03. The van der Waals surface area contributed by atoms with Crippen LogP contribution in [0.25, 0.3) is 0 Å². The number of aryl methyl sites for hydroxylation is 2. The first-order valence-electron chi connectivity index (χ1n) is 10.2. The highest BCUT2D eigenvalue weighted by Gasteiger charge is 2.11. The summed E-state index contributed by atoms with van der Waals surface area (Å²) in [5.74, 6) is 3.78. The number of nitrogens with zero attached hydrogens (tertiary/aromatic N) is 3. The van der Waals surface area contributed by atoms with Gasteiger partial charge >= 0.3 is 0 Å². The van der Waals surface area contributed by atoms with Crippen molar-refractivity contribution < 1.29 is 4.74 Å². The molecule has 0 spiro atoms. The van der Waals surface area contributed by atoms with E-state index in [0.717, 1.165) is 54.2 Å². The molecule has 3 rings (SSSR count). The molecule has 29 heavy (non-hydrogen) atoms. The molecular formula is C23H29N3OS2. The lowest BCUT2D eigenvalue weighted by atomic mass is 10.2. The van der Waals surface area contributed by atoms with Crippen molar-refractivity contribution in [3.8, 4) is 5.75 Å². The summed E-state index contributed by atoms with van der Waals surface area (Å²) in [4.78, 5) is 1.26. The molecule has 0 saturated heterocycles. The maximum atomic E-state index is 5.84. The summed E-state index contributed by atoms with van der Waals surface area (Å²) in [6, 6.07) is 17.0. The number of rotatable bonds is 11. The van der Waals surface area contributed by atoms with E-state index in [4.69, 9.17) is 4.74 Å². The minimum absolute atomic E-state index is 0.717. The van der Waals surface area contributed by atoms with Gasteiger partial charge in [-0.1, -0.05) is 48.5 Å². The largest absolute Gasteiger partial charge is 0.494 e. The molecule has 154 valence electrons. The molecule has 0 bridgehead atoms. The lowest BCUT2D eigenvalue weighted by molar-refractivity contribution is 0.318. The SMILES string of the molecule is CCc1ccc(OCCCSc2nnc(CSc3ccc(C)cc3)n2CC)cc1. The average Bonchev–Trinajstić information content (AvgIpc) is 3.15. The third-order valence-electron chi connectivity index (χ3n) is 4.62. The first-order chi connectivity index (χ1) is 14.2. The predicted molar refractivity (Wildman–Crippen MR) is 123 cm³/mol. The van der Waals surface area contributed by atoms with Crippen LogP contribution in [0.1, 0.15) is 37.2 Å². The van der Waals surface area contributed by atoms with Gasteiger partial charge in [-0.3, -0.25) is 0 Å². The van der Waals surface area contributed by atoms with E-state index in [1.54, 1.807) is 23.5 Å². The fourth-order valence-corrected chi connectivity index (χ4v) is 4.64. The summed E-state index contributed by atoms with van der Waals surface area (Å²) >= 11 is 3.56. The quantitative estimate of drug-likeness (QED) is 0.276. The topological polar surface area (TPSA) is 39.9 Å². The van der Waals surface area contributed by atoms with Gasteiger partial charge in [-0.25, -0.2) is 0 Å². The Bertz CT molecular complexity index is 876. The van der Waals surface area contributed by atoms with E-state index in [-0.39, 0.29) is 0 Å². The van der Waals surface area contributed by atoms with Crippen LogP contribution >= 0.6 is 23.5 Å². The van der Waals surface area contributed by atoms with Gasteiger partial charge in [-0.2, -0.15) is 0 Å². The summed E-state index contributed by atoms with van der Waals surface area (Å²) in [5.41, 5.74) is 2.62. The number of ether oxygens (including phenoxy) is 1.